The molecule has 2 atom stereocenters. The van der Waals surface area contributed by atoms with E-state index in [-0.39, 0.29) is 5.82 Å². The zero-order valence-electron chi connectivity index (χ0n) is 11.8. The van der Waals surface area contributed by atoms with Crippen molar-refractivity contribution in [3.8, 4) is 0 Å². The summed E-state index contributed by atoms with van der Waals surface area (Å²) in [6.07, 6.45) is 3.86. The number of piperazine rings is 1. The van der Waals surface area contributed by atoms with Crippen molar-refractivity contribution in [2.45, 2.75) is 38.3 Å². The number of piperidine rings is 1. The minimum Gasteiger partial charge on any atom is -0.397 e. The molecule has 1 aromatic carbocycles. The summed E-state index contributed by atoms with van der Waals surface area (Å²) in [5.74, 6) is -0.173. The summed E-state index contributed by atoms with van der Waals surface area (Å²) in [6.45, 7) is 5.43. The SMILES string of the molecule is CC1CN2CCCCC2CN1c1cc(F)c(I)cc1N. The maximum Gasteiger partial charge on any atom is 0.138 e. The van der Waals surface area contributed by atoms with Crippen LogP contribution in [0.25, 0.3) is 0 Å². The van der Waals surface area contributed by atoms with Gasteiger partial charge in [-0.25, -0.2) is 4.39 Å². The van der Waals surface area contributed by atoms with E-state index in [2.05, 4.69) is 16.7 Å². The molecule has 110 valence electrons. The molecule has 2 N–H and O–H groups in total. The number of rotatable bonds is 1. The number of fused-ring (bicyclic) bond motifs is 1. The molecule has 1 aromatic rings. The third-order valence-corrected chi connectivity index (χ3v) is 5.39. The summed E-state index contributed by atoms with van der Waals surface area (Å²) in [7, 11) is 0. The highest BCUT2D eigenvalue weighted by atomic mass is 127. The van der Waals surface area contributed by atoms with Gasteiger partial charge in [-0.15, -0.1) is 0 Å². The van der Waals surface area contributed by atoms with Crippen molar-refractivity contribution in [2.24, 2.45) is 0 Å². The Bertz CT molecular complexity index is 508. The molecular weight excluding hydrogens is 368 g/mol. The van der Waals surface area contributed by atoms with E-state index < -0.39 is 0 Å². The van der Waals surface area contributed by atoms with Crippen LogP contribution in [0.4, 0.5) is 15.8 Å². The largest absolute Gasteiger partial charge is 0.397 e. The maximum absolute atomic E-state index is 13.9. The first-order chi connectivity index (χ1) is 9.56. The molecule has 0 radical (unpaired) electrons. The molecule has 0 spiro atoms. The monoisotopic (exact) mass is 389 g/mol. The van der Waals surface area contributed by atoms with E-state index in [1.807, 2.05) is 22.6 Å². The smallest absolute Gasteiger partial charge is 0.138 e. The summed E-state index contributed by atoms with van der Waals surface area (Å²) in [5, 5.41) is 0. The van der Waals surface area contributed by atoms with E-state index in [0.29, 0.717) is 21.3 Å². The molecule has 0 aromatic heterocycles. The van der Waals surface area contributed by atoms with Gasteiger partial charge in [-0.3, -0.25) is 4.90 Å². The highest BCUT2D eigenvalue weighted by molar-refractivity contribution is 14.1. The van der Waals surface area contributed by atoms with Gasteiger partial charge in [0.25, 0.3) is 0 Å². The Kier molecular flexibility index (Phi) is 4.08. The van der Waals surface area contributed by atoms with Crippen LogP contribution in [0.15, 0.2) is 12.1 Å². The Morgan fingerprint density at radius 3 is 2.90 bits per heavy atom. The quantitative estimate of drug-likeness (QED) is 0.592. The predicted molar refractivity (Wildman–Crippen MR) is 89.5 cm³/mol. The van der Waals surface area contributed by atoms with Crippen LogP contribution in [-0.2, 0) is 0 Å². The number of anilines is 2. The first kappa shape index (κ1) is 14.4. The second-order valence-electron chi connectivity index (χ2n) is 5.97. The average Bonchev–Trinajstić information content (AvgIpc) is 2.42. The van der Waals surface area contributed by atoms with E-state index in [4.69, 9.17) is 5.73 Å². The average molecular weight is 389 g/mol. The van der Waals surface area contributed by atoms with Crippen molar-refractivity contribution in [3.05, 3.63) is 21.5 Å². The van der Waals surface area contributed by atoms with Gasteiger partial charge >= 0.3 is 0 Å². The van der Waals surface area contributed by atoms with Gasteiger partial charge in [-0.1, -0.05) is 6.42 Å². The summed E-state index contributed by atoms with van der Waals surface area (Å²) in [4.78, 5) is 4.88. The number of hydrogen-bond donors (Lipinski definition) is 1. The molecule has 2 fully saturated rings. The van der Waals surface area contributed by atoms with Crippen molar-refractivity contribution in [1.29, 1.82) is 0 Å². The highest BCUT2D eigenvalue weighted by Crippen LogP contribution is 2.33. The number of nitrogens with two attached hydrogens (primary N) is 1. The van der Waals surface area contributed by atoms with Gasteiger partial charge < -0.3 is 10.6 Å². The lowest BCUT2D eigenvalue weighted by molar-refractivity contribution is 0.115. The zero-order valence-corrected chi connectivity index (χ0v) is 13.9. The number of benzene rings is 1. The molecule has 0 saturated carbocycles. The van der Waals surface area contributed by atoms with E-state index in [1.54, 1.807) is 12.1 Å². The third-order valence-electron chi connectivity index (χ3n) is 4.57. The Hall–Kier alpha value is -0.560. The first-order valence-corrected chi connectivity index (χ1v) is 8.39. The molecule has 3 rings (SSSR count). The topological polar surface area (TPSA) is 32.5 Å². The van der Waals surface area contributed by atoms with E-state index >= 15 is 0 Å². The molecule has 2 heterocycles. The molecule has 3 nitrogen and oxygen atoms in total. The van der Waals surface area contributed by atoms with Crippen molar-refractivity contribution >= 4 is 34.0 Å². The molecule has 5 heteroatoms. The first-order valence-electron chi connectivity index (χ1n) is 7.31. The lowest BCUT2D eigenvalue weighted by Crippen LogP contribution is -2.59. The Labute approximate surface area is 133 Å². The van der Waals surface area contributed by atoms with Crippen LogP contribution >= 0.6 is 22.6 Å². The minimum atomic E-state index is -0.173. The molecule has 0 aliphatic carbocycles. The van der Waals surface area contributed by atoms with Crippen molar-refractivity contribution in [3.63, 3.8) is 0 Å². The van der Waals surface area contributed by atoms with Gasteiger partial charge in [0.15, 0.2) is 0 Å². The van der Waals surface area contributed by atoms with Gasteiger partial charge in [-0.2, -0.15) is 0 Å². The fourth-order valence-electron chi connectivity index (χ4n) is 3.49. The molecule has 2 saturated heterocycles. The summed E-state index contributed by atoms with van der Waals surface area (Å²) in [5.41, 5.74) is 7.67. The van der Waals surface area contributed by atoms with Gasteiger partial charge in [0, 0.05) is 31.2 Å². The normalized spacial score (nSPS) is 27.4. The Morgan fingerprint density at radius 2 is 2.10 bits per heavy atom. The summed E-state index contributed by atoms with van der Waals surface area (Å²) >= 11 is 1.99. The number of halogens is 2. The number of nitrogens with zero attached hydrogens (tertiary/aromatic N) is 2. The highest BCUT2D eigenvalue weighted by Gasteiger charge is 2.33. The lowest BCUT2D eigenvalue weighted by Gasteiger charge is -2.48. The van der Waals surface area contributed by atoms with Crippen LogP contribution in [-0.4, -0.2) is 36.6 Å². The lowest BCUT2D eigenvalue weighted by atomic mass is 9.96. The van der Waals surface area contributed by atoms with Gasteiger partial charge in [0.2, 0.25) is 0 Å². The summed E-state index contributed by atoms with van der Waals surface area (Å²) in [6, 6.07) is 4.32. The van der Waals surface area contributed by atoms with Gasteiger partial charge in [0.1, 0.15) is 5.82 Å². The van der Waals surface area contributed by atoms with E-state index in [1.165, 1.54) is 25.8 Å². The standard InChI is InChI=1S/C15H21FIN3/c1-10-8-19-5-3-2-4-11(19)9-20(10)15-6-12(16)13(17)7-14(15)18/h6-7,10-11H,2-5,8-9,18H2,1H3. The van der Waals surface area contributed by atoms with Crippen LogP contribution in [0.1, 0.15) is 26.2 Å². The van der Waals surface area contributed by atoms with E-state index in [9.17, 15) is 4.39 Å². The summed E-state index contributed by atoms with van der Waals surface area (Å²) < 4.78 is 14.5. The fourth-order valence-corrected chi connectivity index (χ4v) is 3.98. The van der Waals surface area contributed by atoms with Crippen LogP contribution < -0.4 is 10.6 Å². The Balaban J connectivity index is 1.88. The maximum atomic E-state index is 13.9. The molecule has 2 unspecified atom stereocenters. The molecule has 0 bridgehead atoms. The van der Waals surface area contributed by atoms with Gasteiger partial charge in [-0.05, 0) is 55.0 Å². The van der Waals surface area contributed by atoms with Crippen LogP contribution in [0.2, 0.25) is 0 Å². The second kappa shape index (κ2) is 5.67. The number of nitrogen functional groups attached to an aromatic ring is 1. The van der Waals surface area contributed by atoms with Crippen LogP contribution in [0.5, 0.6) is 0 Å². The van der Waals surface area contributed by atoms with E-state index in [0.717, 1.165) is 18.8 Å². The molecule has 2 aliphatic rings. The number of hydrogen-bond acceptors (Lipinski definition) is 3. The van der Waals surface area contributed by atoms with Crippen LogP contribution in [0.3, 0.4) is 0 Å². The second-order valence-corrected chi connectivity index (χ2v) is 7.13. The van der Waals surface area contributed by atoms with Crippen molar-refractivity contribution < 1.29 is 4.39 Å². The third kappa shape index (κ3) is 2.62. The predicted octanol–water partition coefficient (Wildman–Crippen LogP) is 3.08. The molecule has 0 amide bonds. The van der Waals surface area contributed by atoms with Crippen LogP contribution in [0, 0.1) is 9.39 Å². The Morgan fingerprint density at radius 1 is 1.30 bits per heavy atom. The van der Waals surface area contributed by atoms with Crippen molar-refractivity contribution in [1.82, 2.24) is 4.90 Å². The fraction of sp³-hybridized carbons (Fsp3) is 0.600. The zero-order chi connectivity index (χ0) is 14.3. The molecular formula is C15H21FIN3. The van der Waals surface area contributed by atoms with Gasteiger partial charge in [0.05, 0.1) is 14.9 Å². The molecule has 20 heavy (non-hydrogen) atoms. The van der Waals surface area contributed by atoms with Crippen molar-refractivity contribution in [2.75, 3.05) is 30.3 Å². The molecule has 2 aliphatic heterocycles. The minimum absolute atomic E-state index is 0.173.